The number of carbonyl (C=O) groups excluding carboxylic acids is 2. The molecule has 2 aromatic rings. The van der Waals surface area contributed by atoms with E-state index in [4.69, 9.17) is 27.9 Å². The monoisotopic (exact) mass is 446 g/mol. The number of nitrogens with zero attached hydrogens (tertiary/aromatic N) is 1. The van der Waals surface area contributed by atoms with Crippen molar-refractivity contribution >= 4 is 40.7 Å². The Bertz CT molecular complexity index is 940. The summed E-state index contributed by atoms with van der Waals surface area (Å²) in [5.41, 5.74) is 1.93. The number of benzene rings is 2. The van der Waals surface area contributed by atoms with Gasteiger partial charge in [0.15, 0.2) is 0 Å². The molecule has 0 spiro atoms. The Balaban J connectivity index is 1.48. The first-order valence-electron chi connectivity index (χ1n) is 10.2. The van der Waals surface area contributed by atoms with Gasteiger partial charge in [-0.3, -0.25) is 9.59 Å². The number of carbonyl (C=O) groups is 2. The molecule has 0 aromatic heterocycles. The predicted octanol–water partition coefficient (Wildman–Crippen LogP) is 4.48. The number of anilines is 1. The summed E-state index contributed by atoms with van der Waals surface area (Å²) in [5, 5.41) is 4.12. The average Bonchev–Trinajstić information content (AvgIpc) is 3.18. The fourth-order valence-corrected chi connectivity index (χ4v) is 4.87. The van der Waals surface area contributed by atoms with E-state index in [-0.39, 0.29) is 11.8 Å². The maximum atomic E-state index is 13.3. The quantitative estimate of drug-likeness (QED) is 0.735. The topological polar surface area (TPSA) is 58.6 Å². The van der Waals surface area contributed by atoms with Gasteiger partial charge in [-0.15, -0.1) is 0 Å². The van der Waals surface area contributed by atoms with Crippen LogP contribution in [0.2, 0.25) is 10.0 Å². The number of amides is 2. The lowest BCUT2D eigenvalue weighted by Crippen LogP contribution is -2.48. The largest absolute Gasteiger partial charge is 0.381 e. The van der Waals surface area contributed by atoms with Gasteiger partial charge in [-0.1, -0.05) is 41.4 Å². The maximum absolute atomic E-state index is 13.3. The van der Waals surface area contributed by atoms with E-state index in [2.05, 4.69) is 5.32 Å². The number of hydrogen-bond acceptors (Lipinski definition) is 3. The lowest BCUT2D eigenvalue weighted by molar-refractivity contribution is -0.130. The van der Waals surface area contributed by atoms with Gasteiger partial charge in [0.2, 0.25) is 11.8 Å². The third-order valence-electron chi connectivity index (χ3n) is 6.00. The molecule has 2 aliphatic rings. The number of rotatable bonds is 5. The molecule has 7 heteroatoms. The first-order valence-corrected chi connectivity index (χ1v) is 11.0. The van der Waals surface area contributed by atoms with Gasteiger partial charge in [-0.05, 0) is 54.7 Å². The highest BCUT2D eigenvalue weighted by Gasteiger charge is 2.43. The Labute approximate surface area is 186 Å². The minimum atomic E-state index is -0.734. The van der Waals surface area contributed by atoms with E-state index in [1.54, 1.807) is 12.1 Å². The number of halogens is 2. The molecule has 158 valence electrons. The minimum Gasteiger partial charge on any atom is -0.381 e. The smallest absolute Gasteiger partial charge is 0.231 e. The molecule has 5 nitrogen and oxygen atoms in total. The van der Waals surface area contributed by atoms with E-state index >= 15 is 0 Å². The molecule has 0 radical (unpaired) electrons. The first kappa shape index (κ1) is 21.2. The molecule has 2 aromatic carbocycles. The molecule has 2 amide bonds. The SMILES string of the molecule is O=C1CCCN1c1ccc(CNC(=O)C2(c3ccc(Cl)cc3Cl)CCOCC2)cc1. The van der Waals surface area contributed by atoms with E-state index in [0.29, 0.717) is 49.1 Å². The van der Waals surface area contributed by atoms with Crippen LogP contribution in [-0.4, -0.2) is 31.6 Å². The fraction of sp³-hybridized carbons (Fsp3) is 0.391. The van der Waals surface area contributed by atoms with Crippen molar-refractivity contribution in [2.45, 2.75) is 37.6 Å². The fourth-order valence-electron chi connectivity index (χ4n) is 4.28. The van der Waals surface area contributed by atoms with Crippen LogP contribution in [0.5, 0.6) is 0 Å². The van der Waals surface area contributed by atoms with Crippen LogP contribution in [0.3, 0.4) is 0 Å². The molecule has 1 N–H and O–H groups in total. The minimum absolute atomic E-state index is 0.0613. The third-order valence-corrected chi connectivity index (χ3v) is 6.55. The molecule has 2 heterocycles. The lowest BCUT2D eigenvalue weighted by Gasteiger charge is -2.37. The Morgan fingerprint density at radius 2 is 1.83 bits per heavy atom. The van der Waals surface area contributed by atoms with Crippen LogP contribution in [0, 0.1) is 0 Å². The van der Waals surface area contributed by atoms with E-state index in [9.17, 15) is 9.59 Å². The van der Waals surface area contributed by atoms with Crippen LogP contribution in [0.15, 0.2) is 42.5 Å². The van der Waals surface area contributed by atoms with Crippen molar-refractivity contribution < 1.29 is 14.3 Å². The van der Waals surface area contributed by atoms with Gasteiger partial charge in [-0.2, -0.15) is 0 Å². The van der Waals surface area contributed by atoms with Gasteiger partial charge in [0.05, 0.1) is 5.41 Å². The van der Waals surface area contributed by atoms with Crippen LogP contribution in [-0.2, 0) is 26.3 Å². The zero-order valence-corrected chi connectivity index (χ0v) is 18.1. The molecule has 0 bridgehead atoms. The van der Waals surface area contributed by atoms with E-state index in [1.165, 1.54) is 0 Å². The average molecular weight is 447 g/mol. The molecule has 2 fully saturated rings. The molecule has 2 aliphatic heterocycles. The normalized spacial score (nSPS) is 18.5. The van der Waals surface area contributed by atoms with E-state index < -0.39 is 5.41 Å². The molecule has 0 aliphatic carbocycles. The summed E-state index contributed by atoms with van der Waals surface area (Å²) in [7, 11) is 0. The van der Waals surface area contributed by atoms with Crippen molar-refractivity contribution in [3.63, 3.8) is 0 Å². The third kappa shape index (κ3) is 4.20. The zero-order chi connectivity index (χ0) is 21.1. The van der Waals surface area contributed by atoms with Crippen LogP contribution in [0.25, 0.3) is 0 Å². The Morgan fingerprint density at radius 1 is 1.10 bits per heavy atom. The van der Waals surface area contributed by atoms with Gasteiger partial charge < -0.3 is 15.0 Å². The molecule has 4 rings (SSSR count). The van der Waals surface area contributed by atoms with Crippen molar-refractivity contribution in [3.8, 4) is 0 Å². The summed E-state index contributed by atoms with van der Waals surface area (Å²) >= 11 is 12.5. The summed E-state index contributed by atoms with van der Waals surface area (Å²) in [5.74, 6) is 0.103. The highest BCUT2D eigenvalue weighted by molar-refractivity contribution is 6.35. The van der Waals surface area contributed by atoms with Crippen LogP contribution < -0.4 is 10.2 Å². The highest BCUT2D eigenvalue weighted by Crippen LogP contribution is 2.40. The lowest BCUT2D eigenvalue weighted by atomic mass is 9.73. The maximum Gasteiger partial charge on any atom is 0.231 e. The van der Waals surface area contributed by atoms with Crippen LogP contribution in [0.1, 0.15) is 36.8 Å². The summed E-state index contributed by atoms with van der Waals surface area (Å²) in [4.78, 5) is 27.1. The second-order valence-electron chi connectivity index (χ2n) is 7.82. The molecular formula is C23H24Cl2N2O3. The zero-order valence-electron chi connectivity index (χ0n) is 16.6. The van der Waals surface area contributed by atoms with Gasteiger partial charge >= 0.3 is 0 Å². The van der Waals surface area contributed by atoms with E-state index in [1.807, 2.05) is 35.2 Å². The number of nitrogens with one attached hydrogen (secondary N) is 1. The number of hydrogen-bond donors (Lipinski definition) is 1. The highest BCUT2D eigenvalue weighted by atomic mass is 35.5. The number of ether oxygens (including phenoxy) is 1. The van der Waals surface area contributed by atoms with Crippen LogP contribution >= 0.6 is 23.2 Å². The van der Waals surface area contributed by atoms with Crippen molar-refractivity contribution in [1.29, 1.82) is 0 Å². The van der Waals surface area contributed by atoms with Gasteiger partial charge in [0, 0.05) is 48.5 Å². The van der Waals surface area contributed by atoms with Gasteiger partial charge in [0.25, 0.3) is 0 Å². The Morgan fingerprint density at radius 3 is 2.47 bits per heavy atom. The van der Waals surface area contributed by atoms with Crippen molar-refractivity contribution in [2.75, 3.05) is 24.7 Å². The van der Waals surface area contributed by atoms with Crippen molar-refractivity contribution in [3.05, 3.63) is 63.6 Å². The molecule has 0 atom stereocenters. The molecular weight excluding hydrogens is 423 g/mol. The standard InChI is InChI=1S/C23H24Cl2N2O3/c24-17-5-8-19(20(25)14-17)23(9-12-30-13-10-23)22(29)26-15-16-3-6-18(7-4-16)27-11-1-2-21(27)28/h3-8,14H,1-2,9-13,15H2,(H,26,29). The Kier molecular flexibility index (Phi) is 6.32. The summed E-state index contributed by atoms with van der Waals surface area (Å²) < 4.78 is 5.51. The van der Waals surface area contributed by atoms with Crippen molar-refractivity contribution in [2.24, 2.45) is 0 Å². The van der Waals surface area contributed by atoms with Crippen LogP contribution in [0.4, 0.5) is 5.69 Å². The summed E-state index contributed by atoms with van der Waals surface area (Å²) in [6.45, 7) is 2.18. The molecule has 30 heavy (non-hydrogen) atoms. The molecule has 0 unspecified atom stereocenters. The van der Waals surface area contributed by atoms with E-state index in [0.717, 1.165) is 29.8 Å². The first-order chi connectivity index (χ1) is 14.5. The molecule has 2 saturated heterocycles. The second-order valence-corrected chi connectivity index (χ2v) is 8.66. The van der Waals surface area contributed by atoms with Gasteiger partial charge in [-0.25, -0.2) is 0 Å². The predicted molar refractivity (Wildman–Crippen MR) is 118 cm³/mol. The molecule has 0 saturated carbocycles. The van der Waals surface area contributed by atoms with Crippen molar-refractivity contribution in [1.82, 2.24) is 5.32 Å². The Hall–Kier alpha value is -2.08. The van der Waals surface area contributed by atoms with Gasteiger partial charge in [0.1, 0.15) is 0 Å². The summed E-state index contributed by atoms with van der Waals surface area (Å²) in [6.07, 6.45) is 2.64. The summed E-state index contributed by atoms with van der Waals surface area (Å²) in [6, 6.07) is 13.1. The second kappa shape index (κ2) is 8.96.